The van der Waals surface area contributed by atoms with Gasteiger partial charge < -0.3 is 20.5 Å². The van der Waals surface area contributed by atoms with Crippen molar-refractivity contribution in [2.24, 2.45) is 0 Å². The molecular weight excluding hydrogens is 408 g/mol. The second-order valence-corrected chi connectivity index (χ2v) is 8.00. The first-order valence-electron chi connectivity index (χ1n) is 11.1. The van der Waals surface area contributed by atoms with Crippen LogP contribution in [0.4, 0.5) is 4.79 Å². The monoisotopic (exact) mass is 438 g/mol. The number of fused-ring (bicyclic) bond motifs is 3. The van der Waals surface area contributed by atoms with Crippen LogP contribution in [0.2, 0.25) is 0 Å². The number of ether oxygens (including phenoxy) is 1. The van der Waals surface area contributed by atoms with Crippen LogP contribution >= 0.6 is 0 Å². The van der Waals surface area contributed by atoms with E-state index >= 15 is 0 Å². The molecule has 0 fully saturated rings. The quantitative estimate of drug-likeness (QED) is 0.519. The average molecular weight is 439 g/mol. The highest BCUT2D eigenvalue weighted by atomic mass is 16.5. The molecule has 32 heavy (non-hydrogen) atoms. The summed E-state index contributed by atoms with van der Waals surface area (Å²) in [7, 11) is 0. The molecule has 0 heterocycles. The van der Waals surface area contributed by atoms with Crippen LogP contribution in [0.5, 0.6) is 0 Å². The number of benzene rings is 2. The second kappa shape index (κ2) is 10.8. The summed E-state index contributed by atoms with van der Waals surface area (Å²) in [6.45, 7) is 3.88. The maximum absolute atomic E-state index is 12.6. The minimum atomic E-state index is -1.09. The van der Waals surface area contributed by atoms with Gasteiger partial charge in [0.1, 0.15) is 18.7 Å². The van der Waals surface area contributed by atoms with Crippen LogP contribution in [0.25, 0.3) is 11.1 Å². The molecule has 170 valence electrons. The minimum absolute atomic E-state index is 0.0763. The SMILES string of the molecule is CCCC(NC(=O)C(CCC)NC(=O)OCC1c2ccccc2-c2ccccc21)C(=O)O. The summed E-state index contributed by atoms with van der Waals surface area (Å²) in [6.07, 6.45) is 1.28. The van der Waals surface area contributed by atoms with Crippen molar-refractivity contribution in [2.75, 3.05) is 6.61 Å². The first-order valence-corrected chi connectivity index (χ1v) is 11.1. The Morgan fingerprint density at radius 1 is 0.875 bits per heavy atom. The van der Waals surface area contributed by atoms with E-state index < -0.39 is 30.1 Å². The fourth-order valence-corrected chi connectivity index (χ4v) is 4.16. The van der Waals surface area contributed by atoms with Gasteiger partial charge in [-0.15, -0.1) is 0 Å². The van der Waals surface area contributed by atoms with E-state index in [0.29, 0.717) is 25.7 Å². The van der Waals surface area contributed by atoms with E-state index in [4.69, 9.17) is 4.74 Å². The van der Waals surface area contributed by atoms with Crippen molar-refractivity contribution < 1.29 is 24.2 Å². The Balaban J connectivity index is 1.64. The molecule has 1 aliphatic carbocycles. The molecule has 2 aromatic carbocycles. The molecule has 0 aromatic heterocycles. The lowest BCUT2D eigenvalue weighted by molar-refractivity contribution is -0.142. The lowest BCUT2D eigenvalue weighted by atomic mass is 9.98. The molecule has 1 aliphatic rings. The third-order valence-corrected chi connectivity index (χ3v) is 5.72. The molecule has 0 saturated heterocycles. The molecule has 2 unspecified atom stereocenters. The predicted octanol–water partition coefficient (Wildman–Crippen LogP) is 4.06. The molecule has 7 heteroatoms. The summed E-state index contributed by atoms with van der Waals surface area (Å²) in [5.41, 5.74) is 4.48. The second-order valence-electron chi connectivity index (χ2n) is 8.00. The van der Waals surface area contributed by atoms with Crippen molar-refractivity contribution in [1.29, 1.82) is 0 Å². The molecule has 2 atom stereocenters. The molecule has 0 saturated carbocycles. The number of carboxylic acid groups (broad SMARTS) is 1. The summed E-state index contributed by atoms with van der Waals surface area (Å²) >= 11 is 0. The van der Waals surface area contributed by atoms with E-state index in [0.717, 1.165) is 22.3 Å². The third-order valence-electron chi connectivity index (χ3n) is 5.72. The van der Waals surface area contributed by atoms with Gasteiger partial charge in [-0.2, -0.15) is 0 Å². The van der Waals surface area contributed by atoms with Crippen LogP contribution in [-0.2, 0) is 14.3 Å². The Morgan fingerprint density at radius 2 is 1.41 bits per heavy atom. The molecule has 2 aromatic rings. The fraction of sp³-hybridized carbons (Fsp3) is 0.400. The van der Waals surface area contributed by atoms with Gasteiger partial charge in [0.05, 0.1) is 0 Å². The highest BCUT2D eigenvalue weighted by molar-refractivity contribution is 5.89. The van der Waals surface area contributed by atoms with E-state index in [-0.39, 0.29) is 12.5 Å². The van der Waals surface area contributed by atoms with Crippen molar-refractivity contribution in [3.8, 4) is 11.1 Å². The number of carbonyl (C=O) groups is 3. The molecule has 0 spiro atoms. The van der Waals surface area contributed by atoms with Crippen LogP contribution in [0, 0.1) is 0 Å². The van der Waals surface area contributed by atoms with Crippen molar-refractivity contribution in [1.82, 2.24) is 10.6 Å². The maximum atomic E-state index is 12.6. The lowest BCUT2D eigenvalue weighted by Gasteiger charge is -2.21. The van der Waals surface area contributed by atoms with E-state index in [1.807, 2.05) is 50.2 Å². The number of hydrogen-bond acceptors (Lipinski definition) is 4. The van der Waals surface area contributed by atoms with Crippen LogP contribution in [0.1, 0.15) is 56.6 Å². The molecule has 0 aliphatic heterocycles. The number of nitrogens with one attached hydrogen (secondary N) is 2. The summed E-state index contributed by atoms with van der Waals surface area (Å²) in [4.78, 5) is 36.5. The Bertz CT molecular complexity index is 929. The van der Waals surface area contributed by atoms with Gasteiger partial charge in [-0.05, 0) is 35.1 Å². The predicted molar refractivity (Wildman–Crippen MR) is 121 cm³/mol. The number of hydrogen-bond donors (Lipinski definition) is 3. The normalized spacial score (nSPS) is 14.1. The summed E-state index contributed by atoms with van der Waals surface area (Å²) in [6, 6.07) is 14.3. The van der Waals surface area contributed by atoms with Crippen molar-refractivity contribution in [2.45, 2.75) is 57.5 Å². The van der Waals surface area contributed by atoms with Crippen LogP contribution in [-0.4, -0.2) is 41.8 Å². The molecular formula is C25H30N2O5. The van der Waals surface area contributed by atoms with Gasteiger partial charge in [0.25, 0.3) is 0 Å². The van der Waals surface area contributed by atoms with Gasteiger partial charge >= 0.3 is 12.1 Å². The van der Waals surface area contributed by atoms with E-state index in [9.17, 15) is 19.5 Å². The highest BCUT2D eigenvalue weighted by Crippen LogP contribution is 2.44. The maximum Gasteiger partial charge on any atom is 0.407 e. The topological polar surface area (TPSA) is 105 Å². The zero-order valence-corrected chi connectivity index (χ0v) is 18.5. The van der Waals surface area contributed by atoms with Crippen molar-refractivity contribution in [3.63, 3.8) is 0 Å². The highest BCUT2D eigenvalue weighted by Gasteiger charge is 2.30. The van der Waals surface area contributed by atoms with Gasteiger partial charge in [-0.25, -0.2) is 9.59 Å². The number of aliphatic carboxylic acids is 1. The Labute approximate surface area is 188 Å². The van der Waals surface area contributed by atoms with Crippen LogP contribution < -0.4 is 10.6 Å². The largest absolute Gasteiger partial charge is 0.480 e. The molecule has 7 nitrogen and oxygen atoms in total. The number of carbonyl (C=O) groups excluding carboxylic acids is 2. The smallest absolute Gasteiger partial charge is 0.407 e. The first kappa shape index (κ1) is 23.3. The number of carboxylic acids is 1. The third kappa shape index (κ3) is 5.28. The minimum Gasteiger partial charge on any atom is -0.480 e. The Hall–Kier alpha value is -3.35. The van der Waals surface area contributed by atoms with Crippen molar-refractivity contribution in [3.05, 3.63) is 59.7 Å². The van der Waals surface area contributed by atoms with Gasteiger partial charge in [0, 0.05) is 5.92 Å². The van der Waals surface area contributed by atoms with Gasteiger partial charge in [0.2, 0.25) is 5.91 Å². The van der Waals surface area contributed by atoms with Gasteiger partial charge in [-0.1, -0.05) is 75.2 Å². The standard InChI is InChI=1S/C25H30N2O5/c1-3-9-21(23(28)26-22(10-4-2)24(29)30)27-25(31)32-15-20-18-13-7-5-11-16(18)17-12-6-8-14-19(17)20/h5-8,11-14,20-22H,3-4,9-10,15H2,1-2H3,(H,26,28)(H,27,31)(H,29,30). The fourth-order valence-electron chi connectivity index (χ4n) is 4.16. The molecule has 3 N–H and O–H groups in total. The van der Waals surface area contributed by atoms with Gasteiger partial charge in [-0.3, -0.25) is 4.79 Å². The summed E-state index contributed by atoms with van der Waals surface area (Å²) in [5.74, 6) is -1.68. The summed E-state index contributed by atoms with van der Waals surface area (Å²) in [5, 5.41) is 14.4. The Morgan fingerprint density at radius 3 is 1.94 bits per heavy atom. The van der Waals surface area contributed by atoms with Crippen LogP contribution in [0.15, 0.2) is 48.5 Å². The Kier molecular flexibility index (Phi) is 7.87. The number of alkyl carbamates (subject to hydrolysis) is 1. The van der Waals surface area contributed by atoms with E-state index in [1.54, 1.807) is 0 Å². The van der Waals surface area contributed by atoms with Crippen LogP contribution in [0.3, 0.4) is 0 Å². The van der Waals surface area contributed by atoms with Gasteiger partial charge in [0.15, 0.2) is 0 Å². The lowest BCUT2D eigenvalue weighted by Crippen LogP contribution is -2.51. The number of rotatable bonds is 10. The number of amides is 2. The molecule has 0 radical (unpaired) electrons. The molecule has 0 bridgehead atoms. The average Bonchev–Trinajstić information content (AvgIpc) is 3.10. The zero-order valence-electron chi connectivity index (χ0n) is 18.5. The molecule has 2 amide bonds. The van der Waals surface area contributed by atoms with Crippen molar-refractivity contribution >= 4 is 18.0 Å². The first-order chi connectivity index (χ1) is 15.5. The molecule has 3 rings (SSSR count). The van der Waals surface area contributed by atoms with E-state index in [2.05, 4.69) is 22.8 Å². The zero-order chi connectivity index (χ0) is 23.1. The summed E-state index contributed by atoms with van der Waals surface area (Å²) < 4.78 is 5.52. The van der Waals surface area contributed by atoms with E-state index in [1.165, 1.54) is 0 Å².